The van der Waals surface area contributed by atoms with Crippen LogP contribution < -0.4 is 5.32 Å². The Balaban J connectivity index is 1.53. The fourth-order valence-electron chi connectivity index (χ4n) is 2.88. The summed E-state index contributed by atoms with van der Waals surface area (Å²) < 4.78 is 5.07. The molecule has 0 fully saturated rings. The summed E-state index contributed by atoms with van der Waals surface area (Å²) in [5.74, 6) is -0.765. The maximum Gasteiger partial charge on any atom is 0.338 e. The lowest BCUT2D eigenvalue weighted by atomic mass is 10.0. The Morgan fingerprint density at radius 1 is 0.767 bits per heavy atom. The van der Waals surface area contributed by atoms with Gasteiger partial charge in [0.05, 0.1) is 5.56 Å². The Kier molecular flexibility index (Phi) is 6.75. The van der Waals surface area contributed by atoms with Gasteiger partial charge >= 0.3 is 5.97 Å². The van der Waals surface area contributed by atoms with Crippen molar-refractivity contribution in [3.8, 4) is 0 Å². The van der Waals surface area contributed by atoms with E-state index in [-0.39, 0.29) is 11.3 Å². The summed E-state index contributed by atoms with van der Waals surface area (Å²) in [6, 6.07) is 22.6. The summed E-state index contributed by atoms with van der Waals surface area (Å²) in [5.41, 5.74) is 3.14. The minimum absolute atomic E-state index is 0.126. The largest absolute Gasteiger partial charge is 0.452 e. The van der Waals surface area contributed by atoms with Crippen LogP contribution in [0.4, 0.5) is 5.69 Å². The number of esters is 1. The van der Waals surface area contributed by atoms with Crippen LogP contribution >= 0.6 is 0 Å². The predicted molar refractivity (Wildman–Crippen MR) is 116 cm³/mol. The first-order valence-electron chi connectivity index (χ1n) is 9.71. The van der Waals surface area contributed by atoms with Gasteiger partial charge in [-0.3, -0.25) is 9.59 Å². The zero-order chi connectivity index (χ0) is 21.5. The lowest BCUT2D eigenvalue weighted by molar-refractivity contribution is -0.119. The molecule has 3 aromatic carbocycles. The maximum absolute atomic E-state index is 12.4. The smallest absolute Gasteiger partial charge is 0.338 e. The summed E-state index contributed by atoms with van der Waals surface area (Å²) in [4.78, 5) is 36.6. The van der Waals surface area contributed by atoms with Crippen molar-refractivity contribution in [2.75, 3.05) is 11.9 Å². The van der Waals surface area contributed by atoms with Crippen LogP contribution in [0.5, 0.6) is 0 Å². The SMILES string of the molecule is CC(C)c1ccc(NC(=O)COC(=O)c2ccc(C(=O)c3ccccc3)cc2)cc1. The third-order valence-corrected chi connectivity index (χ3v) is 4.61. The molecule has 152 valence electrons. The number of hydrogen-bond acceptors (Lipinski definition) is 4. The van der Waals surface area contributed by atoms with Gasteiger partial charge in [-0.25, -0.2) is 4.79 Å². The summed E-state index contributed by atoms with van der Waals surface area (Å²) in [7, 11) is 0. The number of nitrogens with one attached hydrogen (secondary N) is 1. The summed E-state index contributed by atoms with van der Waals surface area (Å²) in [6.45, 7) is 3.80. The second kappa shape index (κ2) is 9.65. The van der Waals surface area contributed by atoms with E-state index in [4.69, 9.17) is 4.74 Å². The van der Waals surface area contributed by atoms with Crippen LogP contribution in [-0.2, 0) is 9.53 Å². The topological polar surface area (TPSA) is 72.5 Å². The molecule has 1 N–H and O–H groups in total. The lowest BCUT2D eigenvalue weighted by Gasteiger charge is -2.09. The van der Waals surface area contributed by atoms with Crippen LogP contribution in [0.25, 0.3) is 0 Å². The Hall–Kier alpha value is -3.73. The minimum atomic E-state index is -0.626. The van der Waals surface area contributed by atoms with Gasteiger partial charge < -0.3 is 10.1 Å². The van der Waals surface area contributed by atoms with Crippen LogP contribution in [0.2, 0.25) is 0 Å². The average Bonchev–Trinajstić information content (AvgIpc) is 2.78. The number of amides is 1. The molecule has 0 saturated carbocycles. The van der Waals surface area contributed by atoms with E-state index in [1.807, 2.05) is 30.3 Å². The molecular formula is C25H23NO4. The van der Waals surface area contributed by atoms with Crippen molar-refractivity contribution in [1.29, 1.82) is 0 Å². The minimum Gasteiger partial charge on any atom is -0.452 e. The number of carbonyl (C=O) groups excluding carboxylic acids is 3. The van der Waals surface area contributed by atoms with E-state index in [0.717, 1.165) is 0 Å². The van der Waals surface area contributed by atoms with E-state index in [9.17, 15) is 14.4 Å². The number of ketones is 1. The summed E-state index contributed by atoms with van der Waals surface area (Å²) in [5, 5.41) is 2.70. The highest BCUT2D eigenvalue weighted by molar-refractivity contribution is 6.09. The van der Waals surface area contributed by atoms with Crippen LogP contribution in [0.1, 0.15) is 51.6 Å². The first kappa shape index (κ1) is 21.0. The monoisotopic (exact) mass is 401 g/mol. The maximum atomic E-state index is 12.4. The fourth-order valence-corrected chi connectivity index (χ4v) is 2.88. The van der Waals surface area contributed by atoms with E-state index in [0.29, 0.717) is 22.7 Å². The molecule has 5 heteroatoms. The second-order valence-corrected chi connectivity index (χ2v) is 7.17. The Bertz CT molecular complexity index is 1020. The van der Waals surface area contributed by atoms with Crippen molar-refractivity contribution < 1.29 is 19.1 Å². The molecule has 0 spiro atoms. The van der Waals surface area contributed by atoms with E-state index in [1.54, 1.807) is 36.4 Å². The van der Waals surface area contributed by atoms with Gasteiger partial charge in [0.15, 0.2) is 12.4 Å². The Labute approximate surface area is 175 Å². The quantitative estimate of drug-likeness (QED) is 0.454. The molecule has 0 radical (unpaired) electrons. The van der Waals surface area contributed by atoms with Gasteiger partial charge in [-0.05, 0) is 35.7 Å². The van der Waals surface area contributed by atoms with Crippen molar-refractivity contribution in [2.45, 2.75) is 19.8 Å². The molecule has 0 unspecified atom stereocenters. The molecule has 5 nitrogen and oxygen atoms in total. The Morgan fingerprint density at radius 3 is 1.93 bits per heavy atom. The first-order valence-corrected chi connectivity index (χ1v) is 9.71. The number of benzene rings is 3. The standard InChI is InChI=1S/C25H23NO4/c1-17(2)18-12-14-22(15-13-18)26-23(27)16-30-25(29)21-10-8-20(9-11-21)24(28)19-6-4-3-5-7-19/h3-15,17H,16H2,1-2H3,(H,26,27). The van der Waals surface area contributed by atoms with Gasteiger partial charge in [-0.2, -0.15) is 0 Å². The molecular weight excluding hydrogens is 378 g/mol. The molecule has 3 rings (SSSR count). The number of rotatable bonds is 7. The molecule has 0 aliphatic heterocycles. The first-order chi connectivity index (χ1) is 14.4. The normalized spacial score (nSPS) is 10.5. The zero-order valence-corrected chi connectivity index (χ0v) is 16.9. The molecule has 30 heavy (non-hydrogen) atoms. The van der Waals surface area contributed by atoms with Crippen molar-refractivity contribution in [2.24, 2.45) is 0 Å². The lowest BCUT2D eigenvalue weighted by Crippen LogP contribution is -2.21. The number of ether oxygens (including phenoxy) is 1. The molecule has 0 aliphatic rings. The zero-order valence-electron chi connectivity index (χ0n) is 16.9. The van der Waals surface area contributed by atoms with Crippen LogP contribution in [0.15, 0.2) is 78.9 Å². The predicted octanol–water partition coefficient (Wildman–Crippen LogP) is 4.84. The van der Waals surface area contributed by atoms with Crippen molar-refractivity contribution in [1.82, 2.24) is 0 Å². The van der Waals surface area contributed by atoms with Crippen molar-refractivity contribution in [3.05, 3.63) is 101 Å². The van der Waals surface area contributed by atoms with Gasteiger partial charge in [0.2, 0.25) is 0 Å². The van der Waals surface area contributed by atoms with Gasteiger partial charge in [-0.1, -0.05) is 68.4 Å². The second-order valence-electron chi connectivity index (χ2n) is 7.17. The Morgan fingerprint density at radius 2 is 1.33 bits per heavy atom. The van der Waals surface area contributed by atoms with Crippen LogP contribution in [0, 0.1) is 0 Å². The summed E-state index contributed by atoms with van der Waals surface area (Å²) in [6.07, 6.45) is 0. The van der Waals surface area contributed by atoms with E-state index < -0.39 is 18.5 Å². The van der Waals surface area contributed by atoms with Crippen LogP contribution in [-0.4, -0.2) is 24.3 Å². The van der Waals surface area contributed by atoms with E-state index in [2.05, 4.69) is 19.2 Å². The van der Waals surface area contributed by atoms with Gasteiger partial charge in [0, 0.05) is 16.8 Å². The molecule has 3 aromatic rings. The van der Waals surface area contributed by atoms with E-state index >= 15 is 0 Å². The fraction of sp³-hybridized carbons (Fsp3) is 0.160. The molecule has 0 aromatic heterocycles. The highest BCUT2D eigenvalue weighted by Crippen LogP contribution is 2.17. The van der Waals surface area contributed by atoms with Gasteiger partial charge in [-0.15, -0.1) is 0 Å². The van der Waals surface area contributed by atoms with Crippen LogP contribution in [0.3, 0.4) is 0 Å². The molecule has 0 aliphatic carbocycles. The van der Waals surface area contributed by atoms with Gasteiger partial charge in [0.1, 0.15) is 0 Å². The average molecular weight is 401 g/mol. The highest BCUT2D eigenvalue weighted by Gasteiger charge is 2.13. The number of carbonyl (C=O) groups is 3. The number of hydrogen-bond donors (Lipinski definition) is 1. The summed E-state index contributed by atoms with van der Waals surface area (Å²) >= 11 is 0. The third-order valence-electron chi connectivity index (χ3n) is 4.61. The molecule has 0 heterocycles. The molecule has 1 amide bonds. The van der Waals surface area contributed by atoms with Crippen molar-refractivity contribution >= 4 is 23.3 Å². The highest BCUT2D eigenvalue weighted by atomic mass is 16.5. The third kappa shape index (κ3) is 5.41. The molecule has 0 saturated heterocycles. The molecule has 0 bridgehead atoms. The van der Waals surface area contributed by atoms with Gasteiger partial charge in [0.25, 0.3) is 5.91 Å². The number of anilines is 1. The molecule has 0 atom stereocenters. The van der Waals surface area contributed by atoms with E-state index in [1.165, 1.54) is 17.7 Å². The van der Waals surface area contributed by atoms with Crippen molar-refractivity contribution in [3.63, 3.8) is 0 Å².